The zero-order chi connectivity index (χ0) is 16.0. The molecule has 2 atom stereocenters. The number of benzene rings is 1. The molecule has 0 aromatic heterocycles. The number of carboxylic acid groups (broad SMARTS) is 1. The molecule has 0 unspecified atom stereocenters. The minimum Gasteiger partial charge on any atom is -0.481 e. The predicted octanol–water partition coefficient (Wildman–Crippen LogP) is 1.99. The van der Waals surface area contributed by atoms with E-state index in [0.29, 0.717) is 12.8 Å². The van der Waals surface area contributed by atoms with Crippen LogP contribution >= 0.6 is 0 Å². The van der Waals surface area contributed by atoms with Gasteiger partial charge in [0.05, 0.1) is 0 Å². The summed E-state index contributed by atoms with van der Waals surface area (Å²) in [6, 6.07) is 8.82. The maximum atomic E-state index is 12.0. The average molecular weight is 293 g/mol. The molecule has 0 saturated carbocycles. The summed E-state index contributed by atoms with van der Waals surface area (Å²) in [5, 5.41) is 9.23. The molecule has 0 bridgehead atoms. The van der Waals surface area contributed by atoms with Gasteiger partial charge in [-0.1, -0.05) is 30.3 Å². The van der Waals surface area contributed by atoms with Crippen molar-refractivity contribution in [3.8, 4) is 0 Å². The van der Waals surface area contributed by atoms with Crippen LogP contribution in [0, 0.1) is 5.92 Å². The summed E-state index contributed by atoms with van der Waals surface area (Å²) in [5.74, 6) is -3.37. The van der Waals surface area contributed by atoms with E-state index < -0.39 is 29.5 Å². The number of rotatable bonds is 6. The Morgan fingerprint density at radius 1 is 1.24 bits per heavy atom. The standard InChI is InChI=1S/C16H23NO4/c1-16(2,3)21-15(20)13(14(18)19)12(17)10-9-11-7-5-4-6-8-11/h4-8,12-13H,9-10,17H2,1-3H3,(H,18,19)/t12-,13-/m0/s1. The Balaban J connectivity index is 2.67. The maximum absolute atomic E-state index is 12.0. The third-order valence-corrected chi connectivity index (χ3v) is 2.96. The second-order valence-electron chi connectivity index (χ2n) is 6.04. The molecule has 0 amide bonds. The van der Waals surface area contributed by atoms with Crippen LogP contribution in [0.1, 0.15) is 32.8 Å². The van der Waals surface area contributed by atoms with Crippen molar-refractivity contribution in [1.29, 1.82) is 0 Å². The smallest absolute Gasteiger partial charge is 0.322 e. The second kappa shape index (κ2) is 7.22. The number of hydrogen-bond acceptors (Lipinski definition) is 4. The van der Waals surface area contributed by atoms with E-state index in [0.717, 1.165) is 5.56 Å². The first kappa shape index (κ1) is 17.2. The number of aliphatic carboxylic acids is 1. The molecule has 3 N–H and O–H groups in total. The minimum atomic E-state index is -1.34. The van der Waals surface area contributed by atoms with Crippen molar-refractivity contribution in [3.63, 3.8) is 0 Å². The fourth-order valence-corrected chi connectivity index (χ4v) is 1.97. The molecule has 5 heteroatoms. The minimum absolute atomic E-state index is 0.403. The van der Waals surface area contributed by atoms with Gasteiger partial charge in [-0.25, -0.2) is 0 Å². The molecule has 116 valence electrons. The highest BCUT2D eigenvalue weighted by Gasteiger charge is 2.36. The van der Waals surface area contributed by atoms with Crippen molar-refractivity contribution in [2.75, 3.05) is 0 Å². The topological polar surface area (TPSA) is 89.6 Å². The van der Waals surface area contributed by atoms with E-state index in [-0.39, 0.29) is 0 Å². The molecule has 0 saturated heterocycles. The van der Waals surface area contributed by atoms with Crippen LogP contribution in [0.3, 0.4) is 0 Å². The second-order valence-corrected chi connectivity index (χ2v) is 6.04. The Morgan fingerprint density at radius 2 is 1.81 bits per heavy atom. The van der Waals surface area contributed by atoms with Crippen LogP contribution < -0.4 is 5.73 Å². The van der Waals surface area contributed by atoms with Crippen LogP contribution in [-0.2, 0) is 20.7 Å². The van der Waals surface area contributed by atoms with Crippen LogP contribution in [0.4, 0.5) is 0 Å². The van der Waals surface area contributed by atoms with E-state index in [2.05, 4.69) is 0 Å². The van der Waals surface area contributed by atoms with Gasteiger partial charge in [-0.05, 0) is 39.2 Å². The molecule has 0 fully saturated rings. The average Bonchev–Trinajstić information content (AvgIpc) is 2.35. The number of carbonyl (C=O) groups is 2. The van der Waals surface area contributed by atoms with Crippen LogP contribution in [-0.4, -0.2) is 28.7 Å². The summed E-state index contributed by atoms with van der Waals surface area (Å²) in [4.78, 5) is 23.3. The molecular weight excluding hydrogens is 270 g/mol. The molecule has 0 aliphatic carbocycles. The highest BCUT2D eigenvalue weighted by molar-refractivity contribution is 5.95. The predicted molar refractivity (Wildman–Crippen MR) is 79.7 cm³/mol. The lowest BCUT2D eigenvalue weighted by atomic mass is 9.94. The van der Waals surface area contributed by atoms with Crippen molar-refractivity contribution < 1.29 is 19.4 Å². The number of aryl methyl sites for hydroxylation is 1. The maximum Gasteiger partial charge on any atom is 0.322 e. The fourth-order valence-electron chi connectivity index (χ4n) is 1.97. The van der Waals surface area contributed by atoms with Gasteiger partial charge >= 0.3 is 11.9 Å². The molecule has 0 aliphatic rings. The molecule has 0 heterocycles. The van der Waals surface area contributed by atoms with E-state index in [1.165, 1.54) is 0 Å². The zero-order valence-electron chi connectivity index (χ0n) is 12.7. The summed E-state index contributed by atoms with van der Waals surface area (Å²) in [6.45, 7) is 5.08. The number of ether oxygens (including phenoxy) is 1. The van der Waals surface area contributed by atoms with Crippen LogP contribution in [0.25, 0.3) is 0 Å². The van der Waals surface area contributed by atoms with Gasteiger partial charge in [0, 0.05) is 6.04 Å². The summed E-state index contributed by atoms with van der Waals surface area (Å²) in [6.07, 6.45) is 1.02. The summed E-state index contributed by atoms with van der Waals surface area (Å²) >= 11 is 0. The highest BCUT2D eigenvalue weighted by atomic mass is 16.6. The number of carbonyl (C=O) groups excluding carboxylic acids is 1. The summed E-state index contributed by atoms with van der Waals surface area (Å²) in [5.41, 5.74) is 6.23. The zero-order valence-corrected chi connectivity index (χ0v) is 12.7. The third kappa shape index (κ3) is 5.95. The van der Waals surface area contributed by atoms with Crippen molar-refractivity contribution in [1.82, 2.24) is 0 Å². The normalized spacial score (nSPS) is 14.3. The quantitative estimate of drug-likeness (QED) is 0.618. The first-order valence-corrected chi connectivity index (χ1v) is 6.96. The van der Waals surface area contributed by atoms with Gasteiger partial charge in [-0.2, -0.15) is 0 Å². The largest absolute Gasteiger partial charge is 0.481 e. The van der Waals surface area contributed by atoms with Crippen LogP contribution in [0.15, 0.2) is 30.3 Å². The third-order valence-electron chi connectivity index (χ3n) is 2.96. The van der Waals surface area contributed by atoms with E-state index in [1.807, 2.05) is 30.3 Å². The van der Waals surface area contributed by atoms with E-state index in [1.54, 1.807) is 20.8 Å². The molecular formula is C16H23NO4. The molecule has 1 aromatic carbocycles. The van der Waals surface area contributed by atoms with Gasteiger partial charge in [0.25, 0.3) is 0 Å². The Bertz CT molecular complexity index is 479. The Hall–Kier alpha value is -1.88. The molecule has 0 spiro atoms. The van der Waals surface area contributed by atoms with Gasteiger partial charge in [-0.15, -0.1) is 0 Å². The lowest BCUT2D eigenvalue weighted by Crippen LogP contribution is -2.44. The van der Waals surface area contributed by atoms with E-state index in [9.17, 15) is 14.7 Å². The summed E-state index contributed by atoms with van der Waals surface area (Å²) in [7, 11) is 0. The van der Waals surface area contributed by atoms with Crippen molar-refractivity contribution >= 4 is 11.9 Å². The fraction of sp³-hybridized carbons (Fsp3) is 0.500. The van der Waals surface area contributed by atoms with Crippen molar-refractivity contribution in [2.45, 2.75) is 45.3 Å². The Kier molecular flexibility index (Phi) is 5.90. The summed E-state index contributed by atoms with van der Waals surface area (Å²) < 4.78 is 5.13. The number of hydrogen-bond donors (Lipinski definition) is 2. The molecule has 1 rings (SSSR count). The Morgan fingerprint density at radius 3 is 2.29 bits per heavy atom. The lowest BCUT2D eigenvalue weighted by molar-refractivity contribution is -0.167. The molecule has 21 heavy (non-hydrogen) atoms. The Labute approximate surface area is 125 Å². The van der Waals surface area contributed by atoms with Gasteiger partial charge in [-0.3, -0.25) is 9.59 Å². The van der Waals surface area contributed by atoms with Gasteiger partial charge in [0.15, 0.2) is 5.92 Å². The molecule has 5 nitrogen and oxygen atoms in total. The van der Waals surface area contributed by atoms with Crippen LogP contribution in [0.2, 0.25) is 0 Å². The van der Waals surface area contributed by atoms with Gasteiger partial charge in [0.2, 0.25) is 0 Å². The SMILES string of the molecule is CC(C)(C)OC(=O)[C@H](C(=O)O)[C@@H](N)CCc1ccccc1. The van der Waals surface area contributed by atoms with Gasteiger partial charge in [0.1, 0.15) is 5.60 Å². The van der Waals surface area contributed by atoms with Gasteiger partial charge < -0.3 is 15.6 Å². The van der Waals surface area contributed by atoms with E-state index >= 15 is 0 Å². The van der Waals surface area contributed by atoms with Crippen LogP contribution in [0.5, 0.6) is 0 Å². The van der Waals surface area contributed by atoms with Crippen molar-refractivity contribution in [3.05, 3.63) is 35.9 Å². The molecule has 1 aromatic rings. The monoisotopic (exact) mass is 293 g/mol. The molecule has 0 radical (unpaired) electrons. The highest BCUT2D eigenvalue weighted by Crippen LogP contribution is 2.16. The number of carboxylic acids is 1. The van der Waals surface area contributed by atoms with Crippen molar-refractivity contribution in [2.24, 2.45) is 11.7 Å². The first-order valence-electron chi connectivity index (χ1n) is 6.96. The molecule has 0 aliphatic heterocycles. The lowest BCUT2D eigenvalue weighted by Gasteiger charge is -2.25. The van der Waals surface area contributed by atoms with E-state index in [4.69, 9.17) is 10.5 Å². The number of esters is 1. The number of nitrogens with two attached hydrogens (primary N) is 1. The first-order chi connectivity index (χ1) is 9.70.